The number of rotatable bonds is 27. The van der Waals surface area contributed by atoms with Crippen molar-refractivity contribution in [3.05, 3.63) is 109 Å². The summed E-state index contributed by atoms with van der Waals surface area (Å²) in [5, 5.41) is 9.02. The average molecular weight is 1240 g/mol. The van der Waals surface area contributed by atoms with Gasteiger partial charge in [-0.25, -0.2) is 5.43 Å². The molecular formula is C71H120F3N9O5. The predicted molar refractivity (Wildman–Crippen MR) is 365 cm³/mol. The Morgan fingerprint density at radius 2 is 1.57 bits per heavy atom. The Hall–Kier alpha value is -5.88. The van der Waals surface area contributed by atoms with Gasteiger partial charge in [0.15, 0.2) is 0 Å². The summed E-state index contributed by atoms with van der Waals surface area (Å²) in [6, 6.07) is 14.4. The highest BCUT2D eigenvalue weighted by atomic mass is 19.4. The molecule has 1 aromatic carbocycles. The number of amides is 2. The largest absolute Gasteiger partial charge is 0.467 e. The predicted octanol–water partition coefficient (Wildman–Crippen LogP) is 16.1. The molecule has 2 fully saturated rings. The van der Waals surface area contributed by atoms with Crippen LogP contribution in [-0.2, 0) is 43.2 Å². The molecule has 6 rings (SSSR count). The second kappa shape index (κ2) is 46.2. The number of benzene rings is 1. The molecule has 4 aromatic rings. The quantitative estimate of drug-likeness (QED) is 0.0255. The highest BCUT2D eigenvalue weighted by Gasteiger charge is 2.38. The molecule has 0 spiro atoms. The van der Waals surface area contributed by atoms with Crippen LogP contribution in [-0.4, -0.2) is 115 Å². The number of halogens is 3. The van der Waals surface area contributed by atoms with Crippen LogP contribution in [0.15, 0.2) is 92.3 Å². The molecule has 5 N–H and O–H groups in total. The Morgan fingerprint density at radius 3 is 2.11 bits per heavy atom. The summed E-state index contributed by atoms with van der Waals surface area (Å²) in [5.41, 5.74) is 14.2. The Morgan fingerprint density at radius 1 is 0.909 bits per heavy atom. The fourth-order valence-corrected chi connectivity index (χ4v) is 10.7. The number of hydrogen-bond acceptors (Lipinski definition) is 11. The van der Waals surface area contributed by atoms with E-state index in [1.807, 2.05) is 142 Å². The molecule has 2 amide bonds. The zero-order valence-electron chi connectivity index (χ0n) is 58.1. The first kappa shape index (κ1) is 84.2. The first-order chi connectivity index (χ1) is 42.2. The van der Waals surface area contributed by atoms with Crippen molar-refractivity contribution in [1.29, 1.82) is 0 Å². The number of carbonyl (C=O) groups is 3. The molecule has 0 aliphatic carbocycles. The van der Waals surface area contributed by atoms with Gasteiger partial charge in [0.05, 0.1) is 35.8 Å². The maximum absolute atomic E-state index is 14.4. The van der Waals surface area contributed by atoms with Gasteiger partial charge in [0.1, 0.15) is 6.54 Å². The molecule has 0 saturated carbocycles. The van der Waals surface area contributed by atoms with Gasteiger partial charge >= 0.3 is 6.18 Å². The minimum atomic E-state index is -4.52. The summed E-state index contributed by atoms with van der Waals surface area (Å²) < 4.78 is 55.5. The lowest BCUT2D eigenvalue weighted by atomic mass is 9.80. The van der Waals surface area contributed by atoms with Crippen LogP contribution in [0.1, 0.15) is 192 Å². The Bertz CT molecular complexity index is 2570. The number of ether oxygens (including phenoxy) is 2. The lowest BCUT2D eigenvalue weighted by Crippen LogP contribution is -2.49. The molecule has 2 aliphatic heterocycles. The second-order valence-corrected chi connectivity index (χ2v) is 21.7. The minimum absolute atomic E-state index is 0.0590. The number of carbonyl (C=O) groups excluding carboxylic acids is 3. The zero-order valence-corrected chi connectivity index (χ0v) is 58.1. The lowest BCUT2D eigenvalue weighted by Gasteiger charge is -2.31. The fourth-order valence-electron chi connectivity index (χ4n) is 10.7. The summed E-state index contributed by atoms with van der Waals surface area (Å²) in [4.78, 5) is 48.0. The SMILES string of the molecule is C=C.C=C(/C=C/CC)N1CCC(CCNC)(CCNC(C(N)=O)C(C)C)C1.CC.CC.CC.CC.CC.CCC(Cc1cccc(-c2ccc3c(c2)c(CC(C)(C)COC=O)c(-c2cccnc2C(CC)OC)n3CC(F)(F)F)n1)C(=O)N1CCCCN1. The van der Waals surface area contributed by atoms with E-state index in [1.54, 1.807) is 42.6 Å². The van der Waals surface area contributed by atoms with Crippen molar-refractivity contribution in [2.45, 2.75) is 207 Å². The number of methoxy groups -OCH3 is 1. The van der Waals surface area contributed by atoms with E-state index < -0.39 is 24.2 Å². The van der Waals surface area contributed by atoms with Crippen molar-refractivity contribution < 1.29 is 37.0 Å². The molecule has 0 bridgehead atoms. The Balaban J connectivity index is 0. The number of allylic oxidation sites excluding steroid dienone is 2. The maximum atomic E-state index is 14.4. The van der Waals surface area contributed by atoms with E-state index >= 15 is 0 Å². The number of fused-ring (bicyclic) bond motifs is 1. The summed E-state index contributed by atoms with van der Waals surface area (Å²) in [7, 11) is 3.57. The van der Waals surface area contributed by atoms with Gasteiger partial charge in [0.25, 0.3) is 6.47 Å². The average Bonchev–Trinajstić information content (AvgIpc) is 1.69. The van der Waals surface area contributed by atoms with E-state index in [4.69, 9.17) is 20.2 Å². The normalized spacial score (nSPS) is 15.4. The van der Waals surface area contributed by atoms with Gasteiger partial charge in [-0.2, -0.15) is 13.2 Å². The van der Waals surface area contributed by atoms with Crippen LogP contribution in [0.2, 0.25) is 0 Å². The van der Waals surface area contributed by atoms with Gasteiger partial charge in [-0.1, -0.05) is 142 Å². The number of nitrogens with one attached hydrogen (secondary N) is 3. The van der Waals surface area contributed by atoms with Gasteiger partial charge in [-0.05, 0) is 137 Å². The van der Waals surface area contributed by atoms with Crippen LogP contribution in [0.4, 0.5) is 13.2 Å². The van der Waals surface area contributed by atoms with Crippen molar-refractivity contribution >= 4 is 29.2 Å². The Labute approximate surface area is 531 Å². The summed E-state index contributed by atoms with van der Waals surface area (Å²) >= 11 is 0. The zero-order chi connectivity index (χ0) is 67.6. The highest BCUT2D eigenvalue weighted by Crippen LogP contribution is 2.43. The van der Waals surface area contributed by atoms with Crippen molar-refractivity contribution in [2.24, 2.45) is 28.4 Å². The van der Waals surface area contributed by atoms with E-state index in [9.17, 15) is 27.6 Å². The van der Waals surface area contributed by atoms with Crippen molar-refractivity contribution in [3.8, 4) is 22.5 Å². The molecule has 17 heteroatoms. The van der Waals surface area contributed by atoms with Crippen LogP contribution in [0.25, 0.3) is 33.4 Å². The van der Waals surface area contributed by atoms with Gasteiger partial charge in [0.2, 0.25) is 11.8 Å². The van der Waals surface area contributed by atoms with Crippen LogP contribution in [0, 0.1) is 22.7 Å². The maximum Gasteiger partial charge on any atom is 0.406 e. The van der Waals surface area contributed by atoms with Gasteiger partial charge in [-0.3, -0.25) is 29.4 Å². The lowest BCUT2D eigenvalue weighted by molar-refractivity contribution is -0.140. The van der Waals surface area contributed by atoms with E-state index in [1.165, 1.54) is 4.57 Å². The van der Waals surface area contributed by atoms with E-state index in [-0.39, 0.29) is 41.7 Å². The number of likely N-dealkylation sites (tertiary alicyclic amines) is 1. The summed E-state index contributed by atoms with van der Waals surface area (Å²) in [6.45, 7) is 48.8. The third-order valence-corrected chi connectivity index (χ3v) is 14.8. The molecule has 14 nitrogen and oxygen atoms in total. The van der Waals surface area contributed by atoms with Crippen molar-refractivity contribution in [2.75, 3.05) is 60.0 Å². The van der Waals surface area contributed by atoms with Gasteiger partial charge in [-0.15, -0.1) is 13.2 Å². The number of aromatic nitrogens is 3. The van der Waals surface area contributed by atoms with E-state index in [0.717, 1.165) is 88.2 Å². The molecule has 88 heavy (non-hydrogen) atoms. The molecule has 4 atom stereocenters. The summed E-state index contributed by atoms with van der Waals surface area (Å²) in [6.07, 6.45) is 9.34. The smallest absolute Gasteiger partial charge is 0.406 e. The first-order valence-electron chi connectivity index (χ1n) is 32.8. The van der Waals surface area contributed by atoms with Crippen LogP contribution < -0.4 is 21.8 Å². The molecule has 2 aliphatic rings. The topological polar surface area (TPSA) is 169 Å². The number of hydrogen-bond donors (Lipinski definition) is 4. The number of nitrogens with two attached hydrogens (primary N) is 1. The van der Waals surface area contributed by atoms with E-state index in [0.29, 0.717) is 77.8 Å². The Kier molecular flexibility index (Phi) is 44.2. The van der Waals surface area contributed by atoms with Crippen LogP contribution in [0.5, 0.6) is 0 Å². The number of primary amides is 1. The molecular weight excluding hydrogens is 1120 g/mol. The van der Waals surface area contributed by atoms with Gasteiger partial charge < -0.3 is 35.3 Å². The number of alkyl halides is 3. The summed E-state index contributed by atoms with van der Waals surface area (Å²) in [5.74, 6) is -0.228. The standard InChI is InChI=1S/C39H48F3N5O4.C20H38N4O.5C2H6.C2H4/c1-6-26(37(49)47-19-9-8-18-44-47)20-28-12-10-14-32(45-28)27-15-16-33-30(21-27)31(22-38(3,4)24-51-25-48)36(46(33)23-39(40,41)42)29-13-11-17-43-35(29)34(7-2)50-5;1-6-7-8-17(4)24-14-11-20(15-24,9-12-22-5)10-13-23-18(16(2)3)19(21)25;6*1-2/h10-17,21,25-26,34,44H,6-9,18-20,22-24H2,1-5H3;7-8,16,18,22-23H,4,6,9-15H2,1-3,5H3,(H2,21,25);5*1-2H3;1-2H2/b;8-7+;;;;;;. The molecule has 5 heterocycles. The van der Waals surface area contributed by atoms with Gasteiger partial charge in [0, 0.05) is 90.7 Å². The third kappa shape index (κ3) is 27.1. The van der Waals surface area contributed by atoms with Crippen molar-refractivity contribution in [1.82, 2.24) is 40.5 Å². The van der Waals surface area contributed by atoms with Crippen molar-refractivity contribution in [3.63, 3.8) is 0 Å². The number of pyridine rings is 2. The van der Waals surface area contributed by atoms with Crippen LogP contribution >= 0.6 is 0 Å². The first-order valence-corrected chi connectivity index (χ1v) is 32.8. The molecule has 500 valence electrons. The molecule has 4 unspecified atom stereocenters. The van der Waals surface area contributed by atoms with E-state index in [2.05, 4.69) is 64.8 Å². The molecule has 0 radical (unpaired) electrons. The third-order valence-electron chi connectivity index (χ3n) is 14.8. The number of nitrogens with zero attached hydrogens (tertiary/aromatic N) is 5. The molecule has 2 saturated heterocycles. The monoisotopic (exact) mass is 1240 g/mol. The molecule has 3 aromatic heterocycles. The van der Waals surface area contributed by atoms with Crippen LogP contribution in [0.3, 0.4) is 0 Å². The fraction of sp³-hybridized carbons (Fsp3) is 0.620. The highest BCUT2D eigenvalue weighted by molar-refractivity contribution is 5.95. The number of hydrazine groups is 1. The second-order valence-electron chi connectivity index (χ2n) is 21.7. The minimum Gasteiger partial charge on any atom is -0.467 e.